The molecule has 1 aliphatic rings. The lowest BCUT2D eigenvalue weighted by molar-refractivity contribution is 0.260. The first-order valence-corrected chi connectivity index (χ1v) is 6.84. The molecule has 4 heteroatoms. The van der Waals surface area contributed by atoms with Crippen LogP contribution < -0.4 is 0 Å². The third-order valence-corrected chi connectivity index (χ3v) is 4.08. The van der Waals surface area contributed by atoms with E-state index in [9.17, 15) is 10.2 Å². The number of benzene rings is 1. The van der Waals surface area contributed by atoms with Gasteiger partial charge in [0.1, 0.15) is 0 Å². The molecule has 0 atom stereocenters. The van der Waals surface area contributed by atoms with Crippen molar-refractivity contribution in [2.45, 2.75) is 32.6 Å². The fourth-order valence-corrected chi connectivity index (χ4v) is 3.14. The van der Waals surface area contributed by atoms with Crippen LogP contribution >= 0.6 is 11.6 Å². The first-order valence-electron chi connectivity index (χ1n) is 6.47. The molecule has 0 saturated carbocycles. The van der Waals surface area contributed by atoms with Gasteiger partial charge in [0.25, 0.3) is 0 Å². The third kappa shape index (κ3) is 1.98. The lowest BCUT2D eigenvalue weighted by Gasteiger charge is -2.09. The van der Waals surface area contributed by atoms with Crippen LogP contribution in [0.5, 0.6) is 0 Å². The third-order valence-electron chi connectivity index (χ3n) is 3.82. The predicted octanol–water partition coefficient (Wildman–Crippen LogP) is 2.74. The molecule has 2 aromatic rings. The second kappa shape index (κ2) is 5.00. The summed E-state index contributed by atoms with van der Waals surface area (Å²) in [7, 11) is 0. The van der Waals surface area contributed by atoms with E-state index in [2.05, 4.69) is 4.57 Å². The number of aliphatic hydroxyl groups excluding tert-OH is 2. The van der Waals surface area contributed by atoms with Crippen LogP contribution in [0.15, 0.2) is 24.3 Å². The van der Waals surface area contributed by atoms with Gasteiger partial charge in [0.05, 0.1) is 18.9 Å². The highest BCUT2D eigenvalue weighted by Gasteiger charge is 2.25. The Morgan fingerprint density at radius 1 is 1.05 bits per heavy atom. The Labute approximate surface area is 117 Å². The molecular formula is C15H16ClNO2. The van der Waals surface area contributed by atoms with Crippen molar-refractivity contribution in [3.63, 3.8) is 0 Å². The van der Waals surface area contributed by atoms with Crippen molar-refractivity contribution in [2.75, 3.05) is 0 Å². The van der Waals surface area contributed by atoms with Crippen LogP contribution in [0.1, 0.15) is 23.2 Å². The molecule has 0 fully saturated rings. The summed E-state index contributed by atoms with van der Waals surface area (Å²) in [6.45, 7) is 0.882. The smallest absolute Gasteiger partial charge is 0.0706 e. The largest absolute Gasteiger partial charge is 0.392 e. The van der Waals surface area contributed by atoms with Gasteiger partial charge in [-0.15, -0.1) is 0 Å². The first-order chi connectivity index (χ1) is 9.26. The molecule has 3 rings (SSSR count). The van der Waals surface area contributed by atoms with Crippen LogP contribution in [0.25, 0.3) is 11.3 Å². The maximum atomic E-state index is 9.65. The number of rotatable bonds is 3. The van der Waals surface area contributed by atoms with Gasteiger partial charge in [0, 0.05) is 28.4 Å². The van der Waals surface area contributed by atoms with E-state index in [0.717, 1.165) is 47.5 Å². The van der Waals surface area contributed by atoms with Gasteiger partial charge in [-0.05, 0) is 30.5 Å². The van der Waals surface area contributed by atoms with Crippen LogP contribution in [-0.2, 0) is 26.2 Å². The van der Waals surface area contributed by atoms with Crippen LogP contribution in [0.3, 0.4) is 0 Å². The molecule has 0 spiro atoms. The highest BCUT2D eigenvalue weighted by atomic mass is 35.5. The molecule has 0 radical (unpaired) electrons. The highest BCUT2D eigenvalue weighted by molar-refractivity contribution is 6.30. The maximum absolute atomic E-state index is 9.65. The molecule has 19 heavy (non-hydrogen) atoms. The molecule has 0 saturated heterocycles. The Kier molecular flexibility index (Phi) is 3.35. The Balaban J connectivity index is 2.22. The summed E-state index contributed by atoms with van der Waals surface area (Å²) in [6, 6.07) is 7.63. The van der Waals surface area contributed by atoms with E-state index in [1.165, 1.54) is 0 Å². The van der Waals surface area contributed by atoms with Crippen LogP contribution in [0, 0.1) is 0 Å². The predicted molar refractivity (Wildman–Crippen MR) is 75.0 cm³/mol. The average molecular weight is 278 g/mol. The fraction of sp³-hybridized carbons (Fsp3) is 0.333. The zero-order valence-corrected chi connectivity index (χ0v) is 11.3. The summed E-state index contributed by atoms with van der Waals surface area (Å²) < 4.78 is 2.22. The number of hydrogen-bond donors (Lipinski definition) is 2. The second-order valence-corrected chi connectivity index (χ2v) is 5.27. The molecule has 0 aliphatic carbocycles. The molecule has 100 valence electrons. The number of nitrogens with zero attached hydrogens (tertiary/aromatic N) is 1. The number of halogens is 1. The first kappa shape index (κ1) is 12.7. The Morgan fingerprint density at radius 2 is 1.74 bits per heavy atom. The summed E-state index contributed by atoms with van der Waals surface area (Å²) in [5, 5.41) is 19.9. The van der Waals surface area contributed by atoms with Crippen molar-refractivity contribution in [1.29, 1.82) is 0 Å². The molecule has 0 bridgehead atoms. The summed E-state index contributed by atoms with van der Waals surface area (Å²) in [6.07, 6.45) is 2.06. The van der Waals surface area contributed by atoms with Crippen LogP contribution in [0.4, 0.5) is 0 Å². The van der Waals surface area contributed by atoms with E-state index < -0.39 is 0 Å². The van der Waals surface area contributed by atoms with Gasteiger partial charge in [0.2, 0.25) is 0 Å². The molecular weight excluding hydrogens is 262 g/mol. The average Bonchev–Trinajstić information content (AvgIpc) is 2.98. The van der Waals surface area contributed by atoms with E-state index in [0.29, 0.717) is 5.02 Å². The molecule has 2 N–H and O–H groups in total. The summed E-state index contributed by atoms with van der Waals surface area (Å²) >= 11 is 5.93. The number of aliphatic hydroxyl groups is 2. The molecule has 1 aromatic heterocycles. The monoisotopic (exact) mass is 277 g/mol. The molecule has 1 aromatic carbocycles. The van der Waals surface area contributed by atoms with Gasteiger partial charge < -0.3 is 14.8 Å². The minimum Gasteiger partial charge on any atom is -0.392 e. The van der Waals surface area contributed by atoms with E-state index in [-0.39, 0.29) is 13.2 Å². The van der Waals surface area contributed by atoms with Crippen molar-refractivity contribution in [3.05, 3.63) is 46.1 Å². The Morgan fingerprint density at radius 3 is 2.37 bits per heavy atom. The van der Waals surface area contributed by atoms with Gasteiger partial charge in [-0.25, -0.2) is 0 Å². The molecule has 0 unspecified atom stereocenters. The highest BCUT2D eigenvalue weighted by Crippen LogP contribution is 2.36. The van der Waals surface area contributed by atoms with Crippen molar-refractivity contribution >= 4 is 11.6 Å². The van der Waals surface area contributed by atoms with Crippen LogP contribution in [0.2, 0.25) is 5.02 Å². The number of hydrogen-bond acceptors (Lipinski definition) is 2. The quantitative estimate of drug-likeness (QED) is 0.906. The minimum absolute atomic E-state index is 0.0151. The SMILES string of the molecule is OCc1c(CO)c(-c2ccc(Cl)cc2)n2c1CCC2. The van der Waals surface area contributed by atoms with Crippen molar-refractivity contribution in [3.8, 4) is 11.3 Å². The van der Waals surface area contributed by atoms with Gasteiger partial charge in [-0.1, -0.05) is 23.7 Å². The van der Waals surface area contributed by atoms with Crippen molar-refractivity contribution < 1.29 is 10.2 Å². The van der Waals surface area contributed by atoms with Gasteiger partial charge in [0.15, 0.2) is 0 Å². The van der Waals surface area contributed by atoms with Crippen molar-refractivity contribution in [2.24, 2.45) is 0 Å². The fourth-order valence-electron chi connectivity index (χ4n) is 3.01. The summed E-state index contributed by atoms with van der Waals surface area (Å²) in [5.41, 5.74) is 4.97. The standard InChI is InChI=1S/C15H16ClNO2/c16-11-5-3-10(4-6-11)15-13(9-19)12(8-18)14-2-1-7-17(14)15/h3-6,18-19H,1-2,7-9H2. The minimum atomic E-state index is -0.0478. The lowest BCUT2D eigenvalue weighted by atomic mass is 10.0. The van der Waals surface area contributed by atoms with E-state index in [1.807, 2.05) is 24.3 Å². The molecule has 3 nitrogen and oxygen atoms in total. The van der Waals surface area contributed by atoms with Gasteiger partial charge >= 0.3 is 0 Å². The zero-order valence-electron chi connectivity index (χ0n) is 10.6. The number of aromatic nitrogens is 1. The Bertz CT molecular complexity index is 602. The molecule has 2 heterocycles. The maximum Gasteiger partial charge on any atom is 0.0706 e. The summed E-state index contributed by atoms with van der Waals surface area (Å²) in [5.74, 6) is 0. The second-order valence-electron chi connectivity index (χ2n) is 4.83. The molecule has 0 amide bonds. The van der Waals surface area contributed by atoms with Gasteiger partial charge in [-0.2, -0.15) is 0 Å². The van der Waals surface area contributed by atoms with E-state index >= 15 is 0 Å². The van der Waals surface area contributed by atoms with E-state index in [4.69, 9.17) is 11.6 Å². The van der Waals surface area contributed by atoms with Crippen LogP contribution in [-0.4, -0.2) is 14.8 Å². The normalized spacial score (nSPS) is 13.8. The topological polar surface area (TPSA) is 45.4 Å². The Hall–Kier alpha value is -1.29. The van der Waals surface area contributed by atoms with E-state index in [1.54, 1.807) is 0 Å². The van der Waals surface area contributed by atoms with Gasteiger partial charge in [-0.3, -0.25) is 0 Å². The molecule has 1 aliphatic heterocycles. The number of fused-ring (bicyclic) bond motifs is 1. The lowest BCUT2D eigenvalue weighted by Crippen LogP contribution is -1.97. The summed E-state index contributed by atoms with van der Waals surface area (Å²) in [4.78, 5) is 0. The van der Waals surface area contributed by atoms with Crippen molar-refractivity contribution in [1.82, 2.24) is 4.57 Å². The zero-order chi connectivity index (χ0) is 13.4.